The van der Waals surface area contributed by atoms with Gasteiger partial charge in [-0.3, -0.25) is 4.79 Å². The van der Waals surface area contributed by atoms with E-state index in [9.17, 15) is 9.18 Å². The second kappa shape index (κ2) is 6.02. The van der Waals surface area contributed by atoms with Gasteiger partial charge in [-0.05, 0) is 47.9 Å². The van der Waals surface area contributed by atoms with Crippen LogP contribution in [0.1, 0.15) is 12.5 Å². The molecule has 0 saturated carbocycles. The molecular weight excluding hydrogens is 279 g/mol. The molecule has 0 bridgehead atoms. The Morgan fingerprint density at radius 2 is 1.86 bits per heavy atom. The number of fused-ring (bicyclic) bond motifs is 1. The van der Waals surface area contributed by atoms with Crippen molar-refractivity contribution in [2.75, 3.05) is 6.54 Å². The van der Waals surface area contributed by atoms with Gasteiger partial charge in [0.15, 0.2) is 0 Å². The molecule has 4 heteroatoms. The van der Waals surface area contributed by atoms with Crippen LogP contribution in [-0.2, 0) is 11.2 Å². The van der Waals surface area contributed by atoms with Crippen molar-refractivity contribution in [3.8, 4) is 11.3 Å². The lowest BCUT2D eigenvalue weighted by atomic mass is 10.0. The van der Waals surface area contributed by atoms with Gasteiger partial charge in [0.05, 0.1) is 0 Å². The molecule has 2 N–H and O–H groups in total. The Labute approximate surface area is 128 Å². The number of aromatic amines is 1. The number of aromatic nitrogens is 1. The summed E-state index contributed by atoms with van der Waals surface area (Å²) >= 11 is 0. The largest absolute Gasteiger partial charge is 0.356 e. The fraction of sp³-hybridized carbons (Fsp3) is 0.167. The average molecular weight is 296 g/mol. The van der Waals surface area contributed by atoms with Crippen LogP contribution in [0.3, 0.4) is 0 Å². The highest BCUT2D eigenvalue weighted by Crippen LogP contribution is 2.30. The molecule has 1 heterocycles. The normalized spacial score (nSPS) is 10.8. The van der Waals surface area contributed by atoms with Crippen LogP contribution < -0.4 is 5.32 Å². The van der Waals surface area contributed by atoms with E-state index in [1.807, 2.05) is 18.2 Å². The van der Waals surface area contributed by atoms with Gasteiger partial charge in [-0.25, -0.2) is 4.39 Å². The smallest absolute Gasteiger partial charge is 0.216 e. The van der Waals surface area contributed by atoms with Crippen LogP contribution in [0.2, 0.25) is 0 Å². The van der Waals surface area contributed by atoms with Crippen LogP contribution in [0.5, 0.6) is 0 Å². The minimum absolute atomic E-state index is 0.0387. The molecule has 0 aliphatic heterocycles. The van der Waals surface area contributed by atoms with Crippen molar-refractivity contribution in [1.29, 1.82) is 0 Å². The summed E-state index contributed by atoms with van der Waals surface area (Å²) in [5.41, 5.74) is 4.09. The monoisotopic (exact) mass is 296 g/mol. The van der Waals surface area contributed by atoms with Crippen molar-refractivity contribution in [3.63, 3.8) is 0 Å². The van der Waals surface area contributed by atoms with E-state index < -0.39 is 0 Å². The van der Waals surface area contributed by atoms with E-state index in [4.69, 9.17) is 0 Å². The molecule has 0 saturated heterocycles. The first-order valence-corrected chi connectivity index (χ1v) is 7.25. The first kappa shape index (κ1) is 14.3. The molecule has 1 aromatic heterocycles. The predicted octanol–water partition coefficient (Wildman–Crippen LogP) is 3.65. The Morgan fingerprint density at radius 1 is 1.14 bits per heavy atom. The number of amides is 1. The Bertz CT molecular complexity index is 806. The van der Waals surface area contributed by atoms with Gasteiger partial charge in [0.2, 0.25) is 5.91 Å². The second-order valence-electron chi connectivity index (χ2n) is 5.26. The highest BCUT2D eigenvalue weighted by Gasteiger charge is 2.12. The molecular formula is C18H17FN2O. The lowest BCUT2D eigenvalue weighted by Crippen LogP contribution is -2.22. The highest BCUT2D eigenvalue weighted by atomic mass is 19.1. The highest BCUT2D eigenvalue weighted by molar-refractivity contribution is 5.90. The van der Waals surface area contributed by atoms with Crippen molar-refractivity contribution in [2.24, 2.45) is 0 Å². The van der Waals surface area contributed by atoms with Gasteiger partial charge in [-0.2, -0.15) is 0 Å². The number of H-pyrrole nitrogens is 1. The van der Waals surface area contributed by atoms with Gasteiger partial charge in [0.1, 0.15) is 5.82 Å². The summed E-state index contributed by atoms with van der Waals surface area (Å²) in [5.74, 6) is -0.289. The summed E-state index contributed by atoms with van der Waals surface area (Å²) in [6, 6.07) is 14.5. The van der Waals surface area contributed by atoms with Gasteiger partial charge in [0, 0.05) is 30.1 Å². The Morgan fingerprint density at radius 3 is 2.59 bits per heavy atom. The Balaban J connectivity index is 2.04. The van der Waals surface area contributed by atoms with Crippen molar-refractivity contribution >= 4 is 16.8 Å². The van der Waals surface area contributed by atoms with E-state index in [0.717, 1.165) is 34.1 Å². The minimum atomic E-state index is -0.250. The molecule has 22 heavy (non-hydrogen) atoms. The molecule has 0 atom stereocenters. The average Bonchev–Trinajstić information content (AvgIpc) is 2.87. The van der Waals surface area contributed by atoms with Crippen LogP contribution in [0.25, 0.3) is 22.2 Å². The number of carbonyl (C=O) groups excluding carboxylic acids is 1. The molecule has 0 aliphatic rings. The van der Waals surface area contributed by atoms with Gasteiger partial charge in [-0.15, -0.1) is 0 Å². The summed E-state index contributed by atoms with van der Waals surface area (Å²) in [6.45, 7) is 2.08. The zero-order valence-corrected chi connectivity index (χ0v) is 12.3. The number of nitrogens with one attached hydrogen (secondary N) is 2. The van der Waals surface area contributed by atoms with Crippen molar-refractivity contribution in [1.82, 2.24) is 10.3 Å². The molecule has 2 aromatic carbocycles. The molecule has 0 unspecified atom stereocenters. The fourth-order valence-corrected chi connectivity index (χ4v) is 2.69. The van der Waals surface area contributed by atoms with E-state index in [1.54, 1.807) is 12.1 Å². The maximum atomic E-state index is 13.1. The Kier molecular flexibility index (Phi) is 3.92. The van der Waals surface area contributed by atoms with E-state index in [1.165, 1.54) is 19.1 Å². The third-order valence-corrected chi connectivity index (χ3v) is 3.70. The number of halogens is 1. The van der Waals surface area contributed by atoms with Crippen LogP contribution in [0.15, 0.2) is 48.5 Å². The number of rotatable bonds is 4. The predicted molar refractivity (Wildman–Crippen MR) is 86.1 cm³/mol. The zero-order chi connectivity index (χ0) is 15.5. The van der Waals surface area contributed by atoms with E-state index in [-0.39, 0.29) is 11.7 Å². The molecule has 0 fully saturated rings. The SMILES string of the molecule is CC(=O)NCCc1c(-c2ccc(F)cc2)[nH]c2ccccc12. The number of hydrogen-bond acceptors (Lipinski definition) is 1. The summed E-state index contributed by atoms with van der Waals surface area (Å²) in [5, 5.41) is 3.96. The molecule has 3 nitrogen and oxygen atoms in total. The van der Waals surface area contributed by atoms with Crippen molar-refractivity contribution in [3.05, 3.63) is 59.9 Å². The van der Waals surface area contributed by atoms with Crippen LogP contribution in [-0.4, -0.2) is 17.4 Å². The molecule has 0 radical (unpaired) electrons. The van der Waals surface area contributed by atoms with Gasteiger partial charge in [0.25, 0.3) is 0 Å². The lowest BCUT2D eigenvalue weighted by molar-refractivity contribution is -0.118. The first-order chi connectivity index (χ1) is 10.6. The Hall–Kier alpha value is -2.62. The van der Waals surface area contributed by atoms with Gasteiger partial charge >= 0.3 is 0 Å². The maximum absolute atomic E-state index is 13.1. The number of hydrogen-bond donors (Lipinski definition) is 2. The van der Waals surface area contributed by atoms with E-state index in [0.29, 0.717) is 6.54 Å². The molecule has 3 aromatic rings. The topological polar surface area (TPSA) is 44.9 Å². The molecule has 0 aliphatic carbocycles. The summed E-state index contributed by atoms with van der Waals surface area (Å²) in [4.78, 5) is 14.5. The molecule has 1 amide bonds. The number of para-hydroxylation sites is 1. The van der Waals surface area contributed by atoms with Gasteiger partial charge in [-0.1, -0.05) is 18.2 Å². The minimum Gasteiger partial charge on any atom is -0.356 e. The van der Waals surface area contributed by atoms with Gasteiger partial charge < -0.3 is 10.3 Å². The zero-order valence-electron chi connectivity index (χ0n) is 12.3. The van der Waals surface area contributed by atoms with Crippen LogP contribution in [0.4, 0.5) is 4.39 Å². The standard InChI is InChI=1S/C18H17FN2O/c1-12(22)20-11-10-16-15-4-2-3-5-17(15)21-18(16)13-6-8-14(19)9-7-13/h2-9,21H,10-11H2,1H3,(H,20,22). The first-order valence-electron chi connectivity index (χ1n) is 7.25. The van der Waals surface area contributed by atoms with Crippen molar-refractivity contribution in [2.45, 2.75) is 13.3 Å². The van der Waals surface area contributed by atoms with Crippen LogP contribution >= 0.6 is 0 Å². The third-order valence-electron chi connectivity index (χ3n) is 3.70. The fourth-order valence-electron chi connectivity index (χ4n) is 2.69. The molecule has 3 rings (SSSR count). The summed E-state index contributed by atoms with van der Waals surface area (Å²) in [7, 11) is 0. The van der Waals surface area contributed by atoms with E-state index >= 15 is 0 Å². The number of benzene rings is 2. The maximum Gasteiger partial charge on any atom is 0.216 e. The molecule has 112 valence electrons. The van der Waals surface area contributed by atoms with Crippen molar-refractivity contribution < 1.29 is 9.18 Å². The molecule has 0 spiro atoms. The lowest BCUT2D eigenvalue weighted by Gasteiger charge is -2.06. The second-order valence-corrected chi connectivity index (χ2v) is 5.26. The summed E-state index contributed by atoms with van der Waals surface area (Å²) < 4.78 is 13.1. The number of carbonyl (C=O) groups is 1. The summed E-state index contributed by atoms with van der Waals surface area (Å²) in [6.07, 6.45) is 0.719. The van der Waals surface area contributed by atoms with E-state index in [2.05, 4.69) is 16.4 Å². The van der Waals surface area contributed by atoms with Crippen LogP contribution in [0, 0.1) is 5.82 Å². The third kappa shape index (κ3) is 2.86. The quantitative estimate of drug-likeness (QED) is 0.758.